The summed E-state index contributed by atoms with van der Waals surface area (Å²) in [7, 11) is 0. The van der Waals surface area contributed by atoms with Gasteiger partial charge in [-0.05, 0) is 0 Å². The van der Waals surface area contributed by atoms with Gasteiger partial charge in [0.15, 0.2) is 0 Å². The van der Waals surface area contributed by atoms with E-state index in [-0.39, 0.29) is 0 Å². The standard InChI is InChI=1S/C14H6O2.6Ra.6H/c1-9-3-5-11-13(7-9)16-14-8-10(2)4-6-12(14)15-11;;;;;;;;;;;;/h1-2H3;;;;;;;;;;;;. The zero-order chi connectivity index (χ0) is 16.3. The molecule has 0 aromatic heterocycles. The average Bonchev–Trinajstić information content (AvgIpc) is 2.52. The van der Waals surface area contributed by atoms with Crippen LogP contribution in [0.4, 0.5) is 0 Å². The maximum atomic E-state index is 6.61. The zero-order valence-corrected chi connectivity index (χ0v) is 64.1. The fraction of sp³-hybridized carbons (Fsp3) is 0.143. The normalized spacial score (nSPS) is 11.8. The molecule has 0 N–H and O–H groups in total. The second-order valence-corrected chi connectivity index (χ2v) is 31.2. The quantitative estimate of drug-likeness (QED) is 0.252. The SMILES string of the molecule is Cc1[c]([RaH])[c]([RaH])c2c([c]1[RaH])Oc1[c]([RaH])c(C)[c]([RaH])[c]([RaH])c1O2. The third-order valence-electron chi connectivity index (χ3n) is 5.56. The summed E-state index contributed by atoms with van der Waals surface area (Å²) in [6.45, 7) is 4.67. The molecular weight excluding hydrogens is 1560 g/mol. The van der Waals surface area contributed by atoms with Crippen LogP contribution in [0.3, 0.4) is 0 Å². The van der Waals surface area contributed by atoms with Crippen LogP contribution >= 0.6 is 0 Å². The van der Waals surface area contributed by atoms with Gasteiger partial charge in [-0.15, -0.1) is 0 Å². The van der Waals surface area contributed by atoms with Crippen LogP contribution < -0.4 is 13.1 Å². The fourth-order valence-electron chi connectivity index (χ4n) is 3.18. The molecule has 0 amide bonds. The summed E-state index contributed by atoms with van der Waals surface area (Å²) in [5, 5.41) is 0. The van der Waals surface area contributed by atoms with Crippen molar-refractivity contribution in [2.24, 2.45) is 0 Å². The zero-order valence-electron chi connectivity index (χ0n) is 14.8. The Morgan fingerprint density at radius 2 is 0.727 bits per heavy atom. The number of hydrogen-bond acceptors (Lipinski definition) is 2. The van der Waals surface area contributed by atoms with Gasteiger partial charge in [0.1, 0.15) is 0 Å². The molecule has 1 aliphatic rings. The van der Waals surface area contributed by atoms with Crippen molar-refractivity contribution in [2.45, 2.75) is 13.8 Å². The van der Waals surface area contributed by atoms with Gasteiger partial charge in [-0.25, -0.2) is 0 Å². The Balaban J connectivity index is 2.32. The second kappa shape index (κ2) is 9.98. The van der Waals surface area contributed by atoms with E-state index in [9.17, 15) is 0 Å². The van der Waals surface area contributed by atoms with Crippen molar-refractivity contribution in [3.8, 4) is 23.0 Å². The van der Waals surface area contributed by atoms with Crippen LogP contribution in [0, 0.1) is 271 Å². The maximum absolute atomic E-state index is 6.61. The molecule has 0 saturated carbocycles. The molecule has 0 bridgehead atoms. The van der Waals surface area contributed by atoms with Gasteiger partial charge in [-0.3, -0.25) is 0 Å². The molecule has 0 radical (unpaired) electrons. The molecule has 0 saturated heterocycles. The van der Waals surface area contributed by atoms with Gasteiger partial charge in [0.25, 0.3) is 0 Å². The van der Waals surface area contributed by atoms with Gasteiger partial charge in [0, 0.05) is 0 Å². The summed E-state index contributed by atoms with van der Waals surface area (Å²) in [6, 6.07) is 0. The summed E-state index contributed by atoms with van der Waals surface area (Å²) in [6.07, 6.45) is 0. The predicted molar refractivity (Wildman–Crippen MR) is 68.7 cm³/mol. The first-order valence-electron chi connectivity index (χ1n) is 7.82. The van der Waals surface area contributed by atoms with Crippen LogP contribution in [0.5, 0.6) is 23.0 Å². The predicted octanol–water partition coefficient (Wildman–Crippen LogP) is -2.36. The van der Waals surface area contributed by atoms with E-state index in [4.69, 9.17) is 9.47 Å². The molecule has 92 valence electrons. The Kier molecular flexibility index (Phi) is 10.7. The molecule has 1 aliphatic heterocycles. The molecule has 0 fully saturated rings. The van der Waals surface area contributed by atoms with E-state index in [1.807, 2.05) is 0 Å². The van der Waals surface area contributed by atoms with Crippen molar-refractivity contribution in [2.75, 3.05) is 0 Å². The van der Waals surface area contributed by atoms with Crippen LogP contribution in [0.1, 0.15) is 11.1 Å². The van der Waals surface area contributed by atoms with E-state index in [0.29, 0.717) is 257 Å². The molecule has 0 atom stereocenters. The topological polar surface area (TPSA) is 18.5 Å². The molecule has 22 heavy (non-hydrogen) atoms. The third-order valence-corrected chi connectivity index (χ3v) is 71.5. The third kappa shape index (κ3) is 4.54. The first-order valence-corrected chi connectivity index (χ1v) is 32.5. The Hall–Kier alpha value is 6.85. The minimum atomic E-state index is 0.300. The van der Waals surface area contributed by atoms with E-state index in [1.165, 1.54) is 11.5 Å². The van der Waals surface area contributed by atoms with E-state index >= 15 is 0 Å². The van der Waals surface area contributed by atoms with Crippen molar-refractivity contribution in [1.82, 2.24) is 0 Å². The molecule has 3 rings (SSSR count). The van der Waals surface area contributed by atoms with Crippen molar-refractivity contribution in [3.05, 3.63) is 11.1 Å². The second-order valence-electron chi connectivity index (χ2n) is 6.52. The van der Waals surface area contributed by atoms with Crippen LogP contribution in [0.15, 0.2) is 0 Å². The molecule has 2 nitrogen and oxygen atoms in total. The summed E-state index contributed by atoms with van der Waals surface area (Å²) >= 11 is 2.07. The van der Waals surface area contributed by atoms with Crippen LogP contribution in [-0.2, 0) is 0 Å². The van der Waals surface area contributed by atoms with Crippen LogP contribution in [0.2, 0.25) is 0 Å². The van der Waals surface area contributed by atoms with E-state index < -0.39 is 0 Å². The van der Waals surface area contributed by atoms with E-state index in [2.05, 4.69) is 13.8 Å². The minimum absolute atomic E-state index is 0.300. The molecule has 1 heterocycles. The van der Waals surface area contributed by atoms with Crippen LogP contribution in [0.25, 0.3) is 0 Å². The van der Waals surface area contributed by atoms with Crippen molar-refractivity contribution in [3.63, 3.8) is 0 Å². The first-order chi connectivity index (χ1) is 10.3. The number of ether oxygens (including phenoxy) is 2. The number of rotatable bonds is 0. The first kappa shape index (κ1) is 23.5. The number of fused-ring (bicyclic) bond motifs is 2. The molecule has 0 unspecified atom stereocenters. The Labute approximate surface area is 306 Å². The Morgan fingerprint density at radius 3 is 1.05 bits per heavy atom. The molecule has 8 heteroatoms. The fourth-order valence-corrected chi connectivity index (χ4v) is 36.6. The molecular formula is C14H12O2Ra6. The van der Waals surface area contributed by atoms with Gasteiger partial charge < -0.3 is 0 Å². The molecule has 0 spiro atoms. The van der Waals surface area contributed by atoms with Gasteiger partial charge in [0.05, 0.1) is 0 Å². The van der Waals surface area contributed by atoms with Gasteiger partial charge in [0.2, 0.25) is 0 Å². The van der Waals surface area contributed by atoms with E-state index in [0.717, 1.165) is 11.5 Å². The monoisotopic (exact) mass is 1570 g/mol. The molecule has 2 aromatic rings. The Bertz CT molecular complexity index is 696. The summed E-state index contributed by atoms with van der Waals surface area (Å²) < 4.78 is 22.9. The Morgan fingerprint density at radius 1 is 0.455 bits per heavy atom. The molecule has 2 aromatic carbocycles. The van der Waals surface area contributed by atoms with Crippen molar-refractivity contribution >= 4 is 3.63 Å². The van der Waals surface area contributed by atoms with E-state index in [1.54, 1.807) is 14.8 Å². The average molecular weight is 1570 g/mol. The van der Waals surface area contributed by atoms with Crippen molar-refractivity contribution < 1.29 is 266 Å². The van der Waals surface area contributed by atoms with Gasteiger partial charge in [-0.1, -0.05) is 0 Å². The number of benzene rings is 2. The summed E-state index contributed by atoms with van der Waals surface area (Å²) in [5.41, 5.74) is 3.17. The summed E-state index contributed by atoms with van der Waals surface area (Å²) in [5.74, 6) is 4.66. The van der Waals surface area contributed by atoms with Crippen LogP contribution in [-0.4, -0.2) is 0 Å². The summed E-state index contributed by atoms with van der Waals surface area (Å²) in [4.78, 5) is 0. The van der Waals surface area contributed by atoms with Crippen molar-refractivity contribution in [1.29, 1.82) is 0 Å². The number of hydrogen-bond donors (Lipinski definition) is 0. The van der Waals surface area contributed by atoms with Gasteiger partial charge in [-0.2, -0.15) is 0 Å². The molecule has 0 aliphatic carbocycles. The van der Waals surface area contributed by atoms with Gasteiger partial charge >= 0.3 is 318 Å².